The molecule has 0 unspecified atom stereocenters. The van der Waals surface area contributed by atoms with E-state index in [-0.39, 0.29) is 12.0 Å². The van der Waals surface area contributed by atoms with Crippen LogP contribution in [0.4, 0.5) is 0 Å². The maximum absolute atomic E-state index is 13.1. The number of ether oxygens (including phenoxy) is 1. The van der Waals surface area contributed by atoms with E-state index in [4.69, 9.17) is 4.74 Å². The van der Waals surface area contributed by atoms with Crippen LogP contribution in [0.3, 0.4) is 0 Å². The van der Waals surface area contributed by atoms with E-state index in [9.17, 15) is 9.90 Å². The first-order chi connectivity index (χ1) is 15.1. The molecule has 6 nitrogen and oxygen atoms in total. The standard InChI is InChI=1S/C25H25N3O3/c1-16-13-19(9-11-26-16)18-7-5-17(6-8-18)14-28-15-20-10-12-27-24(23(20)25(28)30)31-22-4-2-3-21(22)29/h5-13,21-22,29H,2-4,14-15H2,1H3/t21-,22-/m0/s1. The minimum Gasteiger partial charge on any atom is -0.471 e. The van der Waals surface area contributed by atoms with Crippen molar-refractivity contribution in [3.05, 3.63) is 77.2 Å². The molecule has 2 aromatic heterocycles. The molecule has 1 aliphatic heterocycles. The Bertz CT molecular complexity index is 1110. The van der Waals surface area contributed by atoms with E-state index in [1.165, 1.54) is 0 Å². The molecule has 3 heterocycles. The number of fused-ring (bicyclic) bond motifs is 1. The third-order valence-electron chi connectivity index (χ3n) is 6.10. The van der Waals surface area contributed by atoms with Gasteiger partial charge in [0.2, 0.25) is 5.88 Å². The van der Waals surface area contributed by atoms with Gasteiger partial charge in [-0.3, -0.25) is 9.78 Å². The smallest absolute Gasteiger partial charge is 0.260 e. The second-order valence-electron chi connectivity index (χ2n) is 8.35. The monoisotopic (exact) mass is 415 g/mol. The number of rotatable bonds is 5. The predicted molar refractivity (Wildman–Crippen MR) is 116 cm³/mol. The molecule has 0 saturated heterocycles. The molecular weight excluding hydrogens is 390 g/mol. The molecule has 0 bridgehead atoms. The van der Waals surface area contributed by atoms with Crippen molar-refractivity contribution < 1.29 is 14.6 Å². The highest BCUT2D eigenvalue weighted by molar-refractivity contribution is 6.00. The molecule has 6 heteroatoms. The Labute approximate surface area is 181 Å². The molecule has 1 N–H and O–H groups in total. The Kier molecular flexibility index (Phi) is 5.16. The highest BCUT2D eigenvalue weighted by Crippen LogP contribution is 2.33. The summed E-state index contributed by atoms with van der Waals surface area (Å²) >= 11 is 0. The summed E-state index contributed by atoms with van der Waals surface area (Å²) in [5.74, 6) is 0.277. The Morgan fingerprint density at radius 2 is 1.87 bits per heavy atom. The molecule has 1 fully saturated rings. The van der Waals surface area contributed by atoms with Crippen LogP contribution in [0.1, 0.15) is 46.4 Å². The number of nitrogens with zero attached hydrogens (tertiary/aromatic N) is 3. The summed E-state index contributed by atoms with van der Waals surface area (Å²) in [6, 6.07) is 14.2. The molecule has 5 rings (SSSR count). The first kappa shape index (κ1) is 19.7. The van der Waals surface area contributed by atoms with Crippen LogP contribution >= 0.6 is 0 Å². The first-order valence-corrected chi connectivity index (χ1v) is 10.7. The predicted octanol–water partition coefficient (Wildman–Crippen LogP) is 3.90. The van der Waals surface area contributed by atoms with E-state index < -0.39 is 6.10 Å². The molecule has 158 valence electrons. The lowest BCUT2D eigenvalue weighted by atomic mass is 10.0. The molecule has 1 aliphatic carbocycles. The third-order valence-corrected chi connectivity index (χ3v) is 6.10. The van der Waals surface area contributed by atoms with Crippen molar-refractivity contribution in [2.45, 2.75) is 51.5 Å². The Morgan fingerprint density at radius 1 is 1.06 bits per heavy atom. The van der Waals surface area contributed by atoms with Crippen molar-refractivity contribution in [2.24, 2.45) is 0 Å². The zero-order valence-corrected chi connectivity index (χ0v) is 17.5. The van der Waals surface area contributed by atoms with Crippen LogP contribution in [-0.4, -0.2) is 38.1 Å². The van der Waals surface area contributed by atoms with Gasteiger partial charge in [-0.15, -0.1) is 0 Å². The number of amides is 1. The molecule has 1 amide bonds. The van der Waals surface area contributed by atoms with Crippen molar-refractivity contribution in [2.75, 3.05) is 0 Å². The summed E-state index contributed by atoms with van der Waals surface area (Å²) in [6.45, 7) is 3.04. The van der Waals surface area contributed by atoms with Crippen molar-refractivity contribution in [1.29, 1.82) is 0 Å². The van der Waals surface area contributed by atoms with E-state index in [0.717, 1.165) is 47.2 Å². The quantitative estimate of drug-likeness (QED) is 0.684. The minimum atomic E-state index is -0.493. The van der Waals surface area contributed by atoms with Gasteiger partial charge in [0, 0.05) is 31.2 Å². The number of benzene rings is 1. The van der Waals surface area contributed by atoms with Gasteiger partial charge >= 0.3 is 0 Å². The van der Waals surface area contributed by atoms with Gasteiger partial charge in [-0.1, -0.05) is 24.3 Å². The topological polar surface area (TPSA) is 75.6 Å². The highest BCUT2D eigenvalue weighted by atomic mass is 16.5. The number of aliphatic hydroxyl groups is 1. The SMILES string of the molecule is Cc1cc(-c2ccc(CN3Cc4ccnc(O[C@H]5CCC[C@@H]5O)c4C3=O)cc2)ccn1. The zero-order valence-electron chi connectivity index (χ0n) is 17.5. The average molecular weight is 415 g/mol. The van der Waals surface area contributed by atoms with Crippen LogP contribution in [-0.2, 0) is 13.1 Å². The fourth-order valence-electron chi connectivity index (χ4n) is 4.43. The lowest BCUT2D eigenvalue weighted by molar-refractivity contribution is 0.0553. The van der Waals surface area contributed by atoms with Gasteiger partial charge in [0.1, 0.15) is 11.7 Å². The van der Waals surface area contributed by atoms with E-state index in [0.29, 0.717) is 24.5 Å². The van der Waals surface area contributed by atoms with Crippen LogP contribution in [0.5, 0.6) is 5.88 Å². The van der Waals surface area contributed by atoms with E-state index in [1.807, 2.05) is 30.2 Å². The summed E-state index contributed by atoms with van der Waals surface area (Å²) in [7, 11) is 0. The summed E-state index contributed by atoms with van der Waals surface area (Å²) < 4.78 is 5.96. The first-order valence-electron chi connectivity index (χ1n) is 10.7. The number of hydrogen-bond acceptors (Lipinski definition) is 5. The Balaban J connectivity index is 1.31. The molecule has 1 saturated carbocycles. The van der Waals surface area contributed by atoms with Crippen LogP contribution in [0.15, 0.2) is 54.9 Å². The normalized spacial score (nSPS) is 20.2. The fourth-order valence-corrected chi connectivity index (χ4v) is 4.43. The molecule has 0 radical (unpaired) electrons. The Hall–Kier alpha value is -3.25. The average Bonchev–Trinajstić information content (AvgIpc) is 3.32. The fraction of sp³-hybridized carbons (Fsp3) is 0.320. The lowest BCUT2D eigenvalue weighted by Crippen LogP contribution is -2.27. The van der Waals surface area contributed by atoms with Gasteiger partial charge in [0.05, 0.1) is 6.10 Å². The summed E-state index contributed by atoms with van der Waals surface area (Å²) in [5, 5.41) is 10.1. The van der Waals surface area contributed by atoms with Crippen LogP contribution in [0.25, 0.3) is 11.1 Å². The van der Waals surface area contributed by atoms with Gasteiger partial charge in [-0.25, -0.2) is 4.98 Å². The van der Waals surface area contributed by atoms with E-state index in [1.54, 1.807) is 6.20 Å². The van der Waals surface area contributed by atoms with E-state index >= 15 is 0 Å². The van der Waals surface area contributed by atoms with Gasteiger partial charge < -0.3 is 14.7 Å². The van der Waals surface area contributed by atoms with Crippen molar-refractivity contribution in [3.8, 4) is 17.0 Å². The number of aryl methyl sites for hydroxylation is 1. The molecule has 1 aromatic carbocycles. The number of hydrogen-bond donors (Lipinski definition) is 1. The zero-order chi connectivity index (χ0) is 21.4. The largest absolute Gasteiger partial charge is 0.471 e. The van der Waals surface area contributed by atoms with Gasteiger partial charge in [0.25, 0.3) is 5.91 Å². The molecular formula is C25H25N3O3. The summed E-state index contributed by atoms with van der Waals surface area (Å²) in [4.78, 5) is 23.5. The maximum atomic E-state index is 13.1. The van der Waals surface area contributed by atoms with E-state index in [2.05, 4.69) is 40.3 Å². The maximum Gasteiger partial charge on any atom is 0.260 e. The summed E-state index contributed by atoms with van der Waals surface area (Å²) in [5.41, 5.74) is 5.76. The van der Waals surface area contributed by atoms with Gasteiger partial charge in [0.15, 0.2) is 0 Å². The van der Waals surface area contributed by atoms with Crippen LogP contribution < -0.4 is 4.74 Å². The molecule has 0 spiro atoms. The summed E-state index contributed by atoms with van der Waals surface area (Å²) in [6.07, 6.45) is 5.16. The second kappa shape index (κ2) is 8.12. The van der Waals surface area contributed by atoms with Crippen LogP contribution in [0, 0.1) is 6.92 Å². The van der Waals surface area contributed by atoms with Crippen molar-refractivity contribution in [1.82, 2.24) is 14.9 Å². The molecule has 31 heavy (non-hydrogen) atoms. The molecule has 2 atom stereocenters. The van der Waals surface area contributed by atoms with Gasteiger partial charge in [-0.05, 0) is 66.6 Å². The highest BCUT2D eigenvalue weighted by Gasteiger charge is 2.34. The second-order valence-corrected chi connectivity index (χ2v) is 8.35. The Morgan fingerprint density at radius 3 is 2.61 bits per heavy atom. The van der Waals surface area contributed by atoms with Crippen molar-refractivity contribution in [3.63, 3.8) is 0 Å². The number of carbonyl (C=O) groups is 1. The lowest BCUT2D eigenvalue weighted by Gasteiger charge is -2.18. The number of carbonyl (C=O) groups excluding carboxylic acids is 1. The molecule has 2 aliphatic rings. The van der Waals surface area contributed by atoms with Crippen LogP contribution in [0.2, 0.25) is 0 Å². The number of pyridine rings is 2. The number of aliphatic hydroxyl groups excluding tert-OH is 1. The molecule has 3 aromatic rings. The van der Waals surface area contributed by atoms with Crippen molar-refractivity contribution >= 4 is 5.91 Å². The van der Waals surface area contributed by atoms with Gasteiger partial charge in [-0.2, -0.15) is 0 Å². The third kappa shape index (κ3) is 3.91. The number of aromatic nitrogens is 2. The minimum absolute atomic E-state index is 0.0700.